The number of aromatic nitrogens is 3. The van der Waals surface area contributed by atoms with Gasteiger partial charge in [0.25, 0.3) is 5.91 Å². The van der Waals surface area contributed by atoms with Crippen molar-refractivity contribution in [2.75, 3.05) is 5.73 Å². The van der Waals surface area contributed by atoms with E-state index in [1.165, 1.54) is 0 Å². The van der Waals surface area contributed by atoms with Gasteiger partial charge in [-0.2, -0.15) is 0 Å². The maximum Gasteiger partial charge on any atom is 0.573 e. The topological polar surface area (TPSA) is 140 Å². The first kappa shape index (κ1) is 22.1. The van der Waals surface area contributed by atoms with Gasteiger partial charge in [-0.05, 0) is 43.4 Å². The molecule has 5 N–H and O–H groups in total. The standard InChI is InChI=1S/C22H21F3N6O3/c1-9(10-2-3-10)31-7-12-4-11(5-15(13(12)8-31)34-22(23,24)25)18(32)14-6-28-21-17(29-14)16(20(27)33)19(26)30-21/h4-6,9-10H,2-3,7-8,26H2,1H3,(H2,27,33)(H,28,30)/t9-/m0/s1. The number of amides is 1. The second kappa shape index (κ2) is 7.69. The Kier molecular flexibility index (Phi) is 5.01. The Labute approximate surface area is 191 Å². The van der Waals surface area contributed by atoms with Crippen LogP contribution in [0.1, 0.15) is 57.3 Å². The summed E-state index contributed by atoms with van der Waals surface area (Å²) >= 11 is 0. The zero-order valence-electron chi connectivity index (χ0n) is 18.1. The summed E-state index contributed by atoms with van der Waals surface area (Å²) in [5.41, 5.74) is 11.9. The van der Waals surface area contributed by atoms with E-state index in [4.69, 9.17) is 11.5 Å². The van der Waals surface area contributed by atoms with Crippen molar-refractivity contribution in [3.63, 3.8) is 0 Å². The number of H-pyrrole nitrogens is 1. The number of rotatable bonds is 6. The first-order valence-electron chi connectivity index (χ1n) is 10.7. The summed E-state index contributed by atoms with van der Waals surface area (Å²) < 4.78 is 43.8. The fraction of sp³-hybridized carbons (Fsp3) is 0.364. The second-order valence-electron chi connectivity index (χ2n) is 8.70. The number of nitrogens with one attached hydrogen (secondary N) is 1. The minimum atomic E-state index is -4.91. The predicted octanol–water partition coefficient (Wildman–Crippen LogP) is 2.88. The number of carbonyl (C=O) groups is 2. The number of hydrogen-bond acceptors (Lipinski definition) is 7. The van der Waals surface area contributed by atoms with Gasteiger partial charge in [0.2, 0.25) is 5.78 Å². The second-order valence-corrected chi connectivity index (χ2v) is 8.70. The van der Waals surface area contributed by atoms with E-state index < -0.39 is 23.8 Å². The number of benzene rings is 1. The van der Waals surface area contributed by atoms with Gasteiger partial charge in [0.05, 0.1) is 6.20 Å². The Morgan fingerprint density at radius 1 is 1.26 bits per heavy atom. The maximum atomic E-state index is 13.2. The Bertz CT molecular complexity index is 1330. The molecule has 0 unspecified atom stereocenters. The zero-order valence-corrected chi connectivity index (χ0v) is 18.1. The highest BCUT2D eigenvalue weighted by Gasteiger charge is 2.38. The van der Waals surface area contributed by atoms with Gasteiger partial charge in [-0.25, -0.2) is 9.97 Å². The van der Waals surface area contributed by atoms with Gasteiger partial charge in [-0.15, -0.1) is 13.2 Å². The lowest BCUT2D eigenvalue weighted by molar-refractivity contribution is -0.274. The van der Waals surface area contributed by atoms with E-state index >= 15 is 0 Å². The van der Waals surface area contributed by atoms with E-state index in [0.29, 0.717) is 30.1 Å². The molecule has 0 bridgehead atoms. The van der Waals surface area contributed by atoms with Crippen LogP contribution in [0.2, 0.25) is 0 Å². The number of ether oxygens (including phenoxy) is 1. The molecular weight excluding hydrogens is 453 g/mol. The highest BCUT2D eigenvalue weighted by atomic mass is 19.4. The van der Waals surface area contributed by atoms with Crippen LogP contribution < -0.4 is 16.2 Å². The third kappa shape index (κ3) is 3.94. The van der Waals surface area contributed by atoms with Crippen molar-refractivity contribution in [2.24, 2.45) is 11.7 Å². The average Bonchev–Trinajstić information content (AvgIpc) is 3.41. The van der Waals surface area contributed by atoms with E-state index in [1.54, 1.807) is 6.07 Å². The van der Waals surface area contributed by atoms with Gasteiger partial charge in [-0.3, -0.25) is 14.5 Å². The lowest BCUT2D eigenvalue weighted by atomic mass is 10.0. The van der Waals surface area contributed by atoms with Crippen molar-refractivity contribution in [3.05, 3.63) is 46.3 Å². The molecule has 0 radical (unpaired) electrons. The number of nitrogens with zero attached hydrogens (tertiary/aromatic N) is 3. The lowest BCUT2D eigenvalue weighted by Crippen LogP contribution is -2.29. The molecule has 5 rings (SSSR count). The van der Waals surface area contributed by atoms with Crippen LogP contribution in [-0.2, 0) is 13.1 Å². The van der Waals surface area contributed by atoms with Crippen molar-refractivity contribution in [1.82, 2.24) is 19.9 Å². The van der Waals surface area contributed by atoms with Crippen LogP contribution >= 0.6 is 0 Å². The molecule has 12 heteroatoms. The van der Waals surface area contributed by atoms with Crippen molar-refractivity contribution in [3.8, 4) is 5.75 Å². The highest BCUT2D eigenvalue weighted by molar-refractivity contribution is 6.11. The average molecular weight is 474 g/mol. The van der Waals surface area contributed by atoms with E-state index in [9.17, 15) is 22.8 Å². The normalized spacial score (nSPS) is 17.1. The van der Waals surface area contributed by atoms with Crippen LogP contribution in [0.4, 0.5) is 19.0 Å². The van der Waals surface area contributed by atoms with Crippen LogP contribution in [0, 0.1) is 5.92 Å². The number of ketones is 1. The largest absolute Gasteiger partial charge is 0.573 e. The number of fused-ring (bicyclic) bond motifs is 2. The number of aromatic amines is 1. The molecule has 3 heterocycles. The van der Waals surface area contributed by atoms with E-state index in [-0.39, 0.29) is 39.8 Å². The van der Waals surface area contributed by atoms with E-state index in [1.807, 2.05) is 0 Å². The van der Waals surface area contributed by atoms with Crippen LogP contribution in [0.15, 0.2) is 18.3 Å². The van der Waals surface area contributed by atoms with Crippen molar-refractivity contribution in [2.45, 2.75) is 45.3 Å². The number of anilines is 1. The van der Waals surface area contributed by atoms with Crippen LogP contribution in [0.25, 0.3) is 11.2 Å². The third-order valence-electron chi connectivity index (χ3n) is 6.41. The molecule has 1 atom stereocenters. The van der Waals surface area contributed by atoms with Gasteiger partial charge in [0.15, 0.2) is 5.65 Å². The molecule has 178 valence electrons. The van der Waals surface area contributed by atoms with Gasteiger partial charge >= 0.3 is 6.36 Å². The number of nitrogens with two attached hydrogens (primary N) is 2. The van der Waals surface area contributed by atoms with Crippen LogP contribution in [0.5, 0.6) is 5.75 Å². The summed E-state index contributed by atoms with van der Waals surface area (Å²) in [4.78, 5) is 37.9. The van der Waals surface area contributed by atoms with Gasteiger partial charge in [-0.1, -0.05) is 0 Å². The summed E-state index contributed by atoms with van der Waals surface area (Å²) in [6.07, 6.45) is -1.56. The fourth-order valence-corrected chi connectivity index (χ4v) is 4.49. The summed E-state index contributed by atoms with van der Waals surface area (Å²) in [7, 11) is 0. The Balaban J connectivity index is 1.54. The number of carbonyl (C=O) groups excluding carboxylic acids is 2. The molecule has 1 aliphatic carbocycles. The molecular formula is C22H21F3N6O3. The Morgan fingerprint density at radius 3 is 2.65 bits per heavy atom. The molecule has 1 aromatic carbocycles. The monoisotopic (exact) mass is 474 g/mol. The van der Waals surface area contributed by atoms with Crippen molar-refractivity contribution < 1.29 is 27.5 Å². The van der Waals surface area contributed by atoms with Gasteiger partial charge in [0, 0.05) is 30.3 Å². The summed E-state index contributed by atoms with van der Waals surface area (Å²) in [5.74, 6) is -1.45. The molecule has 1 saturated carbocycles. The van der Waals surface area contributed by atoms with Crippen LogP contribution in [-0.4, -0.2) is 43.9 Å². The first-order valence-corrected chi connectivity index (χ1v) is 10.7. The van der Waals surface area contributed by atoms with Gasteiger partial charge < -0.3 is 21.2 Å². The van der Waals surface area contributed by atoms with Crippen molar-refractivity contribution in [1.29, 1.82) is 0 Å². The summed E-state index contributed by atoms with van der Waals surface area (Å²) in [6, 6.07) is 2.85. The number of halogens is 3. The molecule has 3 aromatic rings. The highest BCUT2D eigenvalue weighted by Crippen LogP contribution is 2.41. The molecule has 1 fully saturated rings. The third-order valence-corrected chi connectivity index (χ3v) is 6.41. The van der Waals surface area contributed by atoms with Crippen LogP contribution in [0.3, 0.4) is 0 Å². The Hall–Kier alpha value is -3.67. The Morgan fingerprint density at radius 2 is 2.00 bits per heavy atom. The summed E-state index contributed by atoms with van der Waals surface area (Å²) in [5, 5.41) is 0. The van der Waals surface area contributed by atoms with Gasteiger partial charge in [0.1, 0.15) is 28.3 Å². The summed E-state index contributed by atoms with van der Waals surface area (Å²) in [6.45, 7) is 2.78. The SMILES string of the molecule is C[C@@H](C1CC1)N1Cc2cc(C(=O)c3cnc4[nH]c(N)c(C(N)=O)c4n3)cc(OC(F)(F)F)c2C1. The van der Waals surface area contributed by atoms with Crippen molar-refractivity contribution >= 4 is 28.7 Å². The number of hydrogen-bond donors (Lipinski definition) is 3. The maximum absolute atomic E-state index is 13.2. The van der Waals surface area contributed by atoms with E-state index in [0.717, 1.165) is 25.1 Å². The molecule has 34 heavy (non-hydrogen) atoms. The lowest BCUT2D eigenvalue weighted by Gasteiger charge is -2.23. The molecule has 9 nitrogen and oxygen atoms in total. The number of primary amides is 1. The molecule has 2 aromatic heterocycles. The molecule has 2 aliphatic rings. The number of alkyl halides is 3. The minimum Gasteiger partial charge on any atom is -0.405 e. The zero-order chi connectivity index (χ0) is 24.4. The molecule has 1 amide bonds. The fourth-order valence-electron chi connectivity index (χ4n) is 4.49. The molecule has 0 spiro atoms. The number of nitrogen functional groups attached to an aromatic ring is 1. The minimum absolute atomic E-state index is 0.00760. The first-order chi connectivity index (χ1) is 16.0. The predicted molar refractivity (Wildman–Crippen MR) is 115 cm³/mol. The molecule has 1 aliphatic heterocycles. The van der Waals surface area contributed by atoms with E-state index in [2.05, 4.69) is 31.5 Å². The quantitative estimate of drug-likeness (QED) is 0.467. The smallest absolute Gasteiger partial charge is 0.405 e. The molecule has 0 saturated heterocycles.